The molecule has 24 heavy (non-hydrogen) atoms. The minimum atomic E-state index is -0.538. The SMILES string of the molecule is [N-]=[N+]=NCCCCCCC(=O)N1C(=O)OC[C@@H]1Cc1ccccc1. The average Bonchev–Trinajstić information content (AvgIpc) is 2.95. The van der Waals surface area contributed by atoms with E-state index in [1.165, 1.54) is 4.90 Å². The van der Waals surface area contributed by atoms with Gasteiger partial charge in [-0.15, -0.1) is 0 Å². The predicted molar refractivity (Wildman–Crippen MR) is 89.2 cm³/mol. The van der Waals surface area contributed by atoms with E-state index in [2.05, 4.69) is 10.0 Å². The molecule has 0 spiro atoms. The fraction of sp³-hybridized carbons (Fsp3) is 0.529. The van der Waals surface area contributed by atoms with Crippen molar-refractivity contribution in [3.8, 4) is 0 Å². The molecule has 2 rings (SSSR count). The molecule has 0 aliphatic carbocycles. The van der Waals surface area contributed by atoms with Crippen molar-refractivity contribution < 1.29 is 14.3 Å². The summed E-state index contributed by atoms with van der Waals surface area (Å²) in [7, 11) is 0. The molecule has 1 aromatic rings. The number of unbranched alkanes of at least 4 members (excludes halogenated alkanes) is 3. The Morgan fingerprint density at radius 2 is 2.00 bits per heavy atom. The lowest BCUT2D eigenvalue weighted by Crippen LogP contribution is -2.40. The molecule has 0 N–H and O–H groups in total. The Hall–Kier alpha value is -2.53. The number of benzene rings is 1. The van der Waals surface area contributed by atoms with E-state index in [1.54, 1.807) is 0 Å². The first kappa shape index (κ1) is 17.8. The number of carbonyl (C=O) groups excluding carboxylic acids is 2. The first-order chi connectivity index (χ1) is 11.7. The number of hydrogen-bond acceptors (Lipinski definition) is 4. The van der Waals surface area contributed by atoms with Crippen molar-refractivity contribution in [2.75, 3.05) is 13.2 Å². The van der Waals surface area contributed by atoms with Crippen molar-refractivity contribution >= 4 is 12.0 Å². The molecule has 1 aliphatic heterocycles. The second-order valence-corrected chi connectivity index (χ2v) is 5.80. The molecule has 1 saturated heterocycles. The van der Waals surface area contributed by atoms with Gasteiger partial charge in [-0.05, 0) is 30.4 Å². The van der Waals surface area contributed by atoms with E-state index in [9.17, 15) is 9.59 Å². The fourth-order valence-electron chi connectivity index (χ4n) is 2.78. The Bertz CT molecular complexity index is 599. The van der Waals surface area contributed by atoms with Gasteiger partial charge in [0.2, 0.25) is 5.91 Å². The number of amides is 2. The molecule has 128 valence electrons. The number of cyclic esters (lactones) is 1. The van der Waals surface area contributed by atoms with Crippen LogP contribution in [0.5, 0.6) is 0 Å². The van der Waals surface area contributed by atoms with Crippen molar-refractivity contribution in [2.45, 2.75) is 44.6 Å². The number of rotatable bonds is 9. The lowest BCUT2D eigenvalue weighted by molar-refractivity contribution is -0.129. The maximum Gasteiger partial charge on any atom is 0.416 e. The van der Waals surface area contributed by atoms with Gasteiger partial charge in [-0.3, -0.25) is 4.79 Å². The Morgan fingerprint density at radius 1 is 1.25 bits per heavy atom. The number of imide groups is 1. The van der Waals surface area contributed by atoms with Gasteiger partial charge in [-0.2, -0.15) is 0 Å². The summed E-state index contributed by atoms with van der Waals surface area (Å²) in [6.07, 6.45) is 3.73. The summed E-state index contributed by atoms with van der Waals surface area (Å²) < 4.78 is 5.06. The van der Waals surface area contributed by atoms with Crippen molar-refractivity contribution in [3.05, 3.63) is 46.3 Å². The van der Waals surface area contributed by atoms with Crippen molar-refractivity contribution in [1.82, 2.24) is 4.90 Å². The Labute approximate surface area is 141 Å². The second-order valence-electron chi connectivity index (χ2n) is 5.80. The van der Waals surface area contributed by atoms with Gasteiger partial charge < -0.3 is 4.74 Å². The summed E-state index contributed by atoms with van der Waals surface area (Å²) >= 11 is 0. The quantitative estimate of drug-likeness (QED) is 0.298. The van der Waals surface area contributed by atoms with E-state index in [-0.39, 0.29) is 18.6 Å². The van der Waals surface area contributed by atoms with E-state index in [1.807, 2.05) is 30.3 Å². The molecule has 0 radical (unpaired) electrons. The topological polar surface area (TPSA) is 95.4 Å². The maximum atomic E-state index is 12.4. The largest absolute Gasteiger partial charge is 0.447 e. The molecule has 0 unspecified atom stereocenters. The lowest BCUT2D eigenvalue weighted by atomic mass is 10.1. The molecule has 0 saturated carbocycles. The first-order valence-electron chi connectivity index (χ1n) is 8.26. The molecular formula is C17H22N4O3. The van der Waals surface area contributed by atoms with Gasteiger partial charge in [0.15, 0.2) is 0 Å². The van der Waals surface area contributed by atoms with Crippen LogP contribution >= 0.6 is 0 Å². The maximum absolute atomic E-state index is 12.4. The van der Waals surface area contributed by atoms with Crippen molar-refractivity contribution in [1.29, 1.82) is 0 Å². The number of ether oxygens (including phenoxy) is 1. The fourth-order valence-corrected chi connectivity index (χ4v) is 2.78. The first-order valence-corrected chi connectivity index (χ1v) is 8.26. The highest BCUT2D eigenvalue weighted by Crippen LogP contribution is 2.19. The third kappa shape index (κ3) is 5.28. The summed E-state index contributed by atoms with van der Waals surface area (Å²) in [6, 6.07) is 9.55. The Morgan fingerprint density at radius 3 is 2.75 bits per heavy atom. The zero-order chi connectivity index (χ0) is 17.2. The summed E-state index contributed by atoms with van der Waals surface area (Å²) in [5.74, 6) is -0.173. The zero-order valence-electron chi connectivity index (χ0n) is 13.6. The van der Waals surface area contributed by atoms with Crippen LogP contribution in [-0.4, -0.2) is 36.1 Å². The lowest BCUT2D eigenvalue weighted by Gasteiger charge is -2.19. The highest BCUT2D eigenvalue weighted by molar-refractivity contribution is 5.93. The van der Waals surface area contributed by atoms with Crippen LogP contribution in [0.4, 0.5) is 4.79 Å². The Balaban J connectivity index is 1.78. The molecular weight excluding hydrogens is 308 g/mol. The molecule has 7 nitrogen and oxygen atoms in total. The van der Waals surface area contributed by atoms with E-state index < -0.39 is 6.09 Å². The molecule has 1 heterocycles. The monoisotopic (exact) mass is 330 g/mol. The minimum absolute atomic E-state index is 0.173. The second kappa shape index (κ2) is 9.57. The summed E-state index contributed by atoms with van der Waals surface area (Å²) in [6.45, 7) is 0.744. The van der Waals surface area contributed by atoms with Crippen LogP contribution in [0.15, 0.2) is 35.4 Å². The standard InChI is InChI=1S/C17H22N4O3/c18-20-19-11-7-2-1-6-10-16(22)21-15(13-24-17(21)23)12-14-8-4-3-5-9-14/h3-5,8-9,15H,1-2,6-7,10-13H2/t15-/m0/s1. The predicted octanol–water partition coefficient (Wildman–Crippen LogP) is 3.84. The van der Waals surface area contributed by atoms with E-state index >= 15 is 0 Å². The van der Waals surface area contributed by atoms with E-state index in [0.717, 1.165) is 31.2 Å². The average molecular weight is 330 g/mol. The van der Waals surface area contributed by atoms with Crippen LogP contribution in [-0.2, 0) is 16.0 Å². The molecule has 7 heteroatoms. The van der Waals surface area contributed by atoms with Gasteiger partial charge >= 0.3 is 6.09 Å². The normalized spacial score (nSPS) is 16.6. The summed E-state index contributed by atoms with van der Waals surface area (Å²) in [4.78, 5) is 28.2. The number of azide groups is 1. The number of nitrogens with zero attached hydrogens (tertiary/aromatic N) is 4. The molecule has 1 aromatic carbocycles. The zero-order valence-corrected chi connectivity index (χ0v) is 13.6. The summed E-state index contributed by atoms with van der Waals surface area (Å²) in [5, 5.41) is 3.47. The van der Waals surface area contributed by atoms with Crippen LogP contribution in [0, 0.1) is 0 Å². The van der Waals surface area contributed by atoms with Gasteiger partial charge in [-0.1, -0.05) is 48.3 Å². The van der Waals surface area contributed by atoms with Gasteiger partial charge in [-0.25, -0.2) is 9.69 Å². The molecule has 0 bridgehead atoms. The highest BCUT2D eigenvalue weighted by Gasteiger charge is 2.37. The van der Waals surface area contributed by atoms with E-state index in [0.29, 0.717) is 19.4 Å². The van der Waals surface area contributed by atoms with Crippen LogP contribution < -0.4 is 0 Å². The van der Waals surface area contributed by atoms with Crippen LogP contribution in [0.25, 0.3) is 10.4 Å². The molecule has 1 aliphatic rings. The van der Waals surface area contributed by atoms with Gasteiger partial charge in [0.1, 0.15) is 6.61 Å². The van der Waals surface area contributed by atoms with Gasteiger partial charge in [0, 0.05) is 17.9 Å². The molecule has 1 fully saturated rings. The van der Waals surface area contributed by atoms with Gasteiger partial charge in [0.25, 0.3) is 0 Å². The number of carbonyl (C=O) groups is 2. The summed E-state index contributed by atoms with van der Waals surface area (Å²) in [5.41, 5.74) is 9.26. The minimum Gasteiger partial charge on any atom is -0.447 e. The van der Waals surface area contributed by atoms with Crippen LogP contribution in [0.3, 0.4) is 0 Å². The van der Waals surface area contributed by atoms with Crippen molar-refractivity contribution in [3.63, 3.8) is 0 Å². The third-order valence-corrected chi connectivity index (χ3v) is 4.01. The Kier molecular flexibility index (Phi) is 7.11. The van der Waals surface area contributed by atoms with Crippen LogP contribution in [0.1, 0.15) is 37.7 Å². The highest BCUT2D eigenvalue weighted by atomic mass is 16.6. The number of hydrogen-bond donors (Lipinski definition) is 0. The van der Waals surface area contributed by atoms with E-state index in [4.69, 9.17) is 10.3 Å². The third-order valence-electron chi connectivity index (χ3n) is 4.01. The smallest absolute Gasteiger partial charge is 0.416 e. The van der Waals surface area contributed by atoms with Crippen molar-refractivity contribution in [2.24, 2.45) is 5.11 Å². The van der Waals surface area contributed by atoms with Crippen LogP contribution in [0.2, 0.25) is 0 Å². The molecule has 1 atom stereocenters. The molecule has 0 aromatic heterocycles. The van der Waals surface area contributed by atoms with Gasteiger partial charge in [0.05, 0.1) is 6.04 Å². The molecule has 2 amide bonds.